The summed E-state index contributed by atoms with van der Waals surface area (Å²) in [5.74, 6) is -0.767. The zero-order valence-corrected chi connectivity index (χ0v) is 19.7. The minimum absolute atomic E-state index is 0.0578. The average molecular weight is 464 g/mol. The Morgan fingerprint density at radius 3 is 2.53 bits per heavy atom. The number of hydrogen-bond acceptors (Lipinski definition) is 4. The van der Waals surface area contributed by atoms with Crippen molar-refractivity contribution in [1.82, 2.24) is 14.4 Å². The van der Waals surface area contributed by atoms with Crippen LogP contribution in [0.5, 0.6) is 5.75 Å². The van der Waals surface area contributed by atoms with Crippen LogP contribution in [0.15, 0.2) is 42.5 Å². The van der Waals surface area contributed by atoms with Crippen LogP contribution in [-0.2, 0) is 22.7 Å². The molecule has 1 aliphatic heterocycles. The van der Waals surface area contributed by atoms with Gasteiger partial charge in [0.2, 0.25) is 12.3 Å². The molecule has 0 bridgehead atoms. The molecule has 0 spiro atoms. The van der Waals surface area contributed by atoms with Crippen molar-refractivity contribution >= 4 is 29.2 Å². The molecule has 0 saturated heterocycles. The van der Waals surface area contributed by atoms with Crippen molar-refractivity contribution in [2.24, 2.45) is 0 Å². The minimum atomic E-state index is -0.971. The molecular weight excluding hydrogens is 434 g/mol. The first-order valence-corrected chi connectivity index (χ1v) is 11.3. The molecule has 2 aromatic carbocycles. The maximum atomic E-state index is 13.2. The molecule has 8 heteroatoms. The summed E-state index contributed by atoms with van der Waals surface area (Å²) in [7, 11) is 3.45. The molecule has 1 aromatic heterocycles. The third kappa shape index (κ3) is 4.35. The van der Waals surface area contributed by atoms with Crippen molar-refractivity contribution in [3.8, 4) is 5.75 Å². The van der Waals surface area contributed by atoms with E-state index in [9.17, 15) is 19.5 Å². The number of fused-ring (bicyclic) bond motifs is 3. The molecule has 8 nitrogen and oxygen atoms in total. The molecule has 1 aliphatic rings. The molecule has 0 radical (unpaired) electrons. The van der Waals surface area contributed by atoms with Gasteiger partial charge in [-0.2, -0.15) is 0 Å². The van der Waals surface area contributed by atoms with Crippen LogP contribution in [-0.4, -0.2) is 65.0 Å². The molecule has 3 aromatic rings. The number of amides is 2. The summed E-state index contributed by atoms with van der Waals surface area (Å²) < 4.78 is 8.00. The quantitative estimate of drug-likeness (QED) is 0.518. The third-order valence-corrected chi connectivity index (χ3v) is 6.21. The third-order valence-electron chi connectivity index (χ3n) is 6.21. The number of likely N-dealkylation sites (N-methyl/N-ethyl adjacent to an activating group) is 1. The predicted molar refractivity (Wildman–Crippen MR) is 128 cm³/mol. The molecule has 1 atom stereocenters. The van der Waals surface area contributed by atoms with Crippen molar-refractivity contribution in [3.05, 3.63) is 64.8 Å². The van der Waals surface area contributed by atoms with E-state index < -0.39 is 11.9 Å². The molecule has 2 amide bonds. The maximum absolute atomic E-state index is 13.2. The summed E-state index contributed by atoms with van der Waals surface area (Å²) in [5, 5.41) is 10.2. The summed E-state index contributed by atoms with van der Waals surface area (Å²) in [6, 6.07) is 12.7. The Balaban J connectivity index is 1.88. The highest BCUT2D eigenvalue weighted by Crippen LogP contribution is 2.39. The van der Waals surface area contributed by atoms with Crippen LogP contribution in [0.3, 0.4) is 0 Å². The fourth-order valence-corrected chi connectivity index (χ4v) is 4.57. The van der Waals surface area contributed by atoms with Crippen LogP contribution in [0.1, 0.15) is 46.4 Å². The zero-order valence-electron chi connectivity index (χ0n) is 19.7. The van der Waals surface area contributed by atoms with E-state index in [1.54, 1.807) is 48.2 Å². The maximum Gasteiger partial charge on any atom is 0.335 e. The summed E-state index contributed by atoms with van der Waals surface area (Å²) in [4.78, 5) is 39.4. The second-order valence-electron chi connectivity index (χ2n) is 8.80. The molecule has 2 heterocycles. The standard InChI is InChI=1S/C26H29N3O5/c1-4-11-34-19-9-10-22-20(12-19)24-21(25(31)27(2)3)14-28(16-30)15-23(24)29(22)13-17-5-7-18(8-6-17)26(32)33/h5-10,12,16,21H,4,11,13-15H2,1-3H3,(H,32,33). The Morgan fingerprint density at radius 2 is 1.91 bits per heavy atom. The van der Waals surface area contributed by atoms with Gasteiger partial charge in [-0.05, 0) is 47.9 Å². The van der Waals surface area contributed by atoms with Gasteiger partial charge in [-0.1, -0.05) is 19.1 Å². The number of aromatic carboxylic acids is 1. The Morgan fingerprint density at radius 1 is 1.18 bits per heavy atom. The van der Waals surface area contributed by atoms with Gasteiger partial charge in [0.15, 0.2) is 0 Å². The van der Waals surface area contributed by atoms with E-state index in [-0.39, 0.29) is 11.5 Å². The average Bonchev–Trinajstić information content (AvgIpc) is 3.14. The monoisotopic (exact) mass is 463 g/mol. The van der Waals surface area contributed by atoms with Crippen LogP contribution in [0, 0.1) is 0 Å². The smallest absolute Gasteiger partial charge is 0.335 e. The lowest BCUT2D eigenvalue weighted by Gasteiger charge is -2.32. The molecular formula is C26H29N3O5. The number of carbonyl (C=O) groups is 3. The van der Waals surface area contributed by atoms with Gasteiger partial charge < -0.3 is 24.2 Å². The SMILES string of the molecule is CCCOc1ccc2c(c1)c1c(n2Cc2ccc(C(=O)O)cc2)CN(C=O)CC1C(=O)N(C)C. The lowest BCUT2D eigenvalue weighted by Crippen LogP contribution is -2.40. The van der Waals surface area contributed by atoms with Crippen LogP contribution in [0.2, 0.25) is 0 Å². The van der Waals surface area contributed by atoms with Gasteiger partial charge >= 0.3 is 5.97 Å². The number of benzene rings is 2. The van der Waals surface area contributed by atoms with Gasteiger partial charge in [-0.25, -0.2) is 4.79 Å². The van der Waals surface area contributed by atoms with Gasteiger partial charge in [0.1, 0.15) is 5.75 Å². The van der Waals surface area contributed by atoms with Crippen molar-refractivity contribution in [2.75, 3.05) is 27.2 Å². The second-order valence-corrected chi connectivity index (χ2v) is 8.80. The Hall–Kier alpha value is -3.81. The van der Waals surface area contributed by atoms with E-state index >= 15 is 0 Å². The van der Waals surface area contributed by atoms with Crippen molar-refractivity contribution in [2.45, 2.75) is 32.4 Å². The van der Waals surface area contributed by atoms with Gasteiger partial charge in [-0.15, -0.1) is 0 Å². The number of nitrogens with zero attached hydrogens (tertiary/aromatic N) is 3. The van der Waals surface area contributed by atoms with Gasteiger partial charge in [0.25, 0.3) is 0 Å². The molecule has 1 N–H and O–H groups in total. The predicted octanol–water partition coefficient (Wildman–Crippen LogP) is 3.32. The van der Waals surface area contributed by atoms with E-state index in [1.165, 1.54) is 0 Å². The van der Waals surface area contributed by atoms with Crippen LogP contribution >= 0.6 is 0 Å². The number of ether oxygens (including phenoxy) is 1. The largest absolute Gasteiger partial charge is 0.494 e. The number of carboxylic acid groups (broad SMARTS) is 1. The number of carbonyl (C=O) groups excluding carboxylic acids is 2. The molecule has 0 fully saturated rings. The Labute approximate surface area is 198 Å². The Bertz CT molecular complexity index is 1230. The van der Waals surface area contributed by atoms with E-state index in [2.05, 4.69) is 4.57 Å². The molecule has 34 heavy (non-hydrogen) atoms. The molecule has 178 valence electrons. The van der Waals surface area contributed by atoms with Crippen molar-refractivity contribution in [1.29, 1.82) is 0 Å². The molecule has 1 unspecified atom stereocenters. The summed E-state index contributed by atoms with van der Waals surface area (Å²) in [6.07, 6.45) is 1.68. The Kier molecular flexibility index (Phi) is 6.58. The van der Waals surface area contributed by atoms with E-state index in [0.29, 0.717) is 26.2 Å². The summed E-state index contributed by atoms with van der Waals surface area (Å²) in [6.45, 7) is 3.84. The lowest BCUT2D eigenvalue weighted by molar-refractivity contribution is -0.132. The highest BCUT2D eigenvalue weighted by molar-refractivity contribution is 5.95. The second kappa shape index (κ2) is 9.59. The summed E-state index contributed by atoms with van der Waals surface area (Å²) >= 11 is 0. The fraction of sp³-hybridized carbons (Fsp3) is 0.346. The number of hydrogen-bond donors (Lipinski definition) is 1. The first kappa shape index (κ1) is 23.4. The van der Waals surface area contributed by atoms with Gasteiger partial charge in [0.05, 0.1) is 24.6 Å². The van der Waals surface area contributed by atoms with Gasteiger partial charge in [-0.3, -0.25) is 9.59 Å². The van der Waals surface area contributed by atoms with E-state index in [4.69, 9.17) is 4.74 Å². The van der Waals surface area contributed by atoms with Crippen LogP contribution in [0.25, 0.3) is 10.9 Å². The van der Waals surface area contributed by atoms with Crippen molar-refractivity contribution in [3.63, 3.8) is 0 Å². The van der Waals surface area contributed by atoms with E-state index in [0.717, 1.165) is 46.3 Å². The van der Waals surface area contributed by atoms with Crippen LogP contribution in [0.4, 0.5) is 0 Å². The highest BCUT2D eigenvalue weighted by atomic mass is 16.5. The minimum Gasteiger partial charge on any atom is -0.494 e. The first-order valence-electron chi connectivity index (χ1n) is 11.3. The molecule has 4 rings (SSSR count). The fourth-order valence-electron chi connectivity index (χ4n) is 4.57. The normalized spacial score (nSPS) is 15.1. The molecule has 0 aliphatic carbocycles. The summed E-state index contributed by atoms with van der Waals surface area (Å²) in [5.41, 5.74) is 3.93. The topological polar surface area (TPSA) is 92.1 Å². The number of carboxylic acids is 1. The van der Waals surface area contributed by atoms with Crippen LogP contribution < -0.4 is 4.74 Å². The van der Waals surface area contributed by atoms with Crippen molar-refractivity contribution < 1.29 is 24.2 Å². The zero-order chi connectivity index (χ0) is 24.4. The van der Waals surface area contributed by atoms with Gasteiger partial charge in [0, 0.05) is 43.8 Å². The van der Waals surface area contributed by atoms with E-state index in [1.807, 2.05) is 25.1 Å². The highest BCUT2D eigenvalue weighted by Gasteiger charge is 2.36. The first-order chi connectivity index (χ1) is 16.3. The lowest BCUT2D eigenvalue weighted by atomic mass is 9.90. The molecule has 0 saturated carbocycles. The number of rotatable bonds is 8. The number of aromatic nitrogens is 1.